The van der Waals surface area contributed by atoms with Crippen LogP contribution in [0, 0.1) is 48.5 Å². The average molecular weight is 1220 g/mol. The molecule has 0 radical (unpaired) electrons. The number of thiophene rings is 1. The van der Waals surface area contributed by atoms with E-state index in [-0.39, 0.29) is 37.9 Å². The summed E-state index contributed by atoms with van der Waals surface area (Å²) in [5.41, 5.74) is 21.2. The maximum absolute atomic E-state index is 4.53. The molecule has 7 heterocycles. The Balaban J connectivity index is 0.000000348. The van der Waals surface area contributed by atoms with Gasteiger partial charge in [0.15, 0.2) is 0 Å². The number of nitrogens with one attached hydrogen (secondary N) is 1. The molecule has 0 spiro atoms. The summed E-state index contributed by atoms with van der Waals surface area (Å²) in [6, 6.07) is 28.8. The van der Waals surface area contributed by atoms with E-state index in [2.05, 4.69) is 301 Å². The molecule has 484 valence electrons. The van der Waals surface area contributed by atoms with Crippen molar-refractivity contribution >= 4 is 22.4 Å². The molecule has 0 aliphatic rings. The second-order valence-electron chi connectivity index (χ2n) is 31.5. The molecular formula is C80H118N8S. The lowest BCUT2D eigenvalue weighted by Crippen LogP contribution is -2.17. The lowest BCUT2D eigenvalue weighted by Gasteiger charge is -2.28. The van der Waals surface area contributed by atoms with E-state index in [9.17, 15) is 0 Å². The minimum absolute atomic E-state index is 0.0962. The topological polar surface area (TPSA) is 106 Å². The van der Waals surface area contributed by atoms with Gasteiger partial charge in [-0.05, 0) is 185 Å². The number of imidazole rings is 1. The van der Waals surface area contributed by atoms with Gasteiger partial charge in [0.05, 0.1) is 16.7 Å². The first-order valence-corrected chi connectivity index (χ1v) is 32.6. The van der Waals surface area contributed by atoms with E-state index in [1.807, 2.05) is 85.6 Å². The number of hydrogen-bond acceptors (Lipinski definition) is 8. The SMILES string of the molecule is CC(C)(C)c1ccccn1.CC(C)(C)c1cccnc1.CC(C)(C)c1cccs1.CC(C)(C)c1ccncc1.CC(C)(C)c1cnccn1.CC(C)(C)c1nc2ccccc2[nH]1.Cc1c(C)c(C)c(C(C)(C)C)c(C)c1C.Cc1cc(C(C)(C)C)cnc1C. The lowest BCUT2D eigenvalue weighted by molar-refractivity contribution is 0.554. The third-order valence-electron chi connectivity index (χ3n) is 15.2. The van der Waals surface area contributed by atoms with Crippen molar-refractivity contribution in [3.8, 4) is 0 Å². The van der Waals surface area contributed by atoms with Crippen LogP contribution < -0.4 is 0 Å². The molecule has 8 nitrogen and oxygen atoms in total. The monoisotopic (exact) mass is 1220 g/mol. The molecule has 7 aromatic heterocycles. The molecule has 0 aliphatic carbocycles. The fraction of sp³-hybridized carbons (Fsp3) is 0.487. The summed E-state index contributed by atoms with van der Waals surface area (Å²) in [6.07, 6.45) is 16.4. The molecule has 9 rings (SSSR count). The van der Waals surface area contributed by atoms with E-state index < -0.39 is 0 Å². The summed E-state index contributed by atoms with van der Waals surface area (Å²) >= 11 is 1.83. The molecule has 0 saturated heterocycles. The second-order valence-corrected chi connectivity index (χ2v) is 32.4. The number of hydrogen-bond donors (Lipinski definition) is 1. The fourth-order valence-electron chi connectivity index (χ4n) is 8.84. The van der Waals surface area contributed by atoms with Crippen molar-refractivity contribution in [3.05, 3.63) is 229 Å². The zero-order chi connectivity index (χ0) is 68.1. The van der Waals surface area contributed by atoms with Gasteiger partial charge < -0.3 is 4.98 Å². The van der Waals surface area contributed by atoms with Crippen LogP contribution >= 0.6 is 11.3 Å². The first-order valence-electron chi connectivity index (χ1n) is 31.7. The van der Waals surface area contributed by atoms with Crippen molar-refractivity contribution < 1.29 is 0 Å². The molecule has 2 aromatic carbocycles. The predicted octanol–water partition coefficient (Wildman–Crippen LogP) is 22.3. The van der Waals surface area contributed by atoms with Gasteiger partial charge in [-0.15, -0.1) is 11.3 Å². The molecule has 9 heteroatoms. The van der Waals surface area contributed by atoms with E-state index >= 15 is 0 Å². The molecule has 0 aliphatic heterocycles. The molecule has 1 N–H and O–H groups in total. The second kappa shape index (κ2) is 33.4. The number of benzene rings is 2. The summed E-state index contributed by atoms with van der Waals surface area (Å²) in [5, 5.41) is 2.13. The third-order valence-corrected chi connectivity index (χ3v) is 16.5. The summed E-state index contributed by atoms with van der Waals surface area (Å²) in [4.78, 5) is 34.1. The number of H-pyrrole nitrogens is 1. The Hall–Kier alpha value is -6.71. The fourth-order valence-corrected chi connectivity index (χ4v) is 9.66. The van der Waals surface area contributed by atoms with Crippen LogP contribution in [0.2, 0.25) is 0 Å². The number of pyridine rings is 4. The van der Waals surface area contributed by atoms with Gasteiger partial charge in [-0.25, -0.2) is 4.98 Å². The Labute approximate surface area is 546 Å². The van der Waals surface area contributed by atoms with Gasteiger partial charge in [-0.2, -0.15) is 0 Å². The van der Waals surface area contributed by atoms with Gasteiger partial charge in [-0.3, -0.25) is 29.9 Å². The average Bonchev–Trinajstić information content (AvgIpc) is 3.01. The Morgan fingerprint density at radius 2 is 0.865 bits per heavy atom. The van der Waals surface area contributed by atoms with Crippen molar-refractivity contribution in [2.45, 2.75) is 258 Å². The molecule has 0 atom stereocenters. The minimum Gasteiger partial charge on any atom is -0.342 e. The van der Waals surface area contributed by atoms with E-state index in [0.29, 0.717) is 5.41 Å². The zero-order valence-corrected chi connectivity index (χ0v) is 62.2. The molecule has 89 heavy (non-hydrogen) atoms. The third kappa shape index (κ3) is 27.5. The number of para-hydroxylation sites is 2. The Morgan fingerprint density at radius 3 is 1.21 bits per heavy atom. The summed E-state index contributed by atoms with van der Waals surface area (Å²) in [6.45, 7) is 68.1. The molecular weight excluding hydrogens is 1110 g/mol. The number of rotatable bonds is 0. The van der Waals surface area contributed by atoms with Crippen molar-refractivity contribution in [2.24, 2.45) is 0 Å². The van der Waals surface area contributed by atoms with Crippen LogP contribution in [-0.4, -0.2) is 39.9 Å². The quantitative estimate of drug-likeness (QED) is 0.161. The smallest absolute Gasteiger partial charge is 0.112 e. The highest BCUT2D eigenvalue weighted by molar-refractivity contribution is 7.10. The number of aromatic amines is 1. The van der Waals surface area contributed by atoms with Gasteiger partial charge in [0, 0.05) is 88.3 Å². The van der Waals surface area contributed by atoms with Crippen LogP contribution in [0.15, 0.2) is 146 Å². The summed E-state index contributed by atoms with van der Waals surface area (Å²) in [7, 11) is 0. The van der Waals surface area contributed by atoms with Crippen LogP contribution in [0.1, 0.15) is 250 Å². The maximum Gasteiger partial charge on any atom is 0.112 e. The standard InChI is InChI=1S/C15H24.C11H14N2.C11H17N.3C9H13N.C8H12N2.C8H12S/c1-9-10(2)12(4)14(15(6,7)8)13(5)11(9)3;1-11(2,3)10-12-8-6-4-5-7-9(8)13-10;1-8-6-10(11(3,4)5)7-12-9(8)2;1-9(2,3)8-4-6-10-7-5-8;1-9(2,3)8-5-4-6-10-7-8;1-9(2,3)8-6-4-5-7-10-8;1-8(2,3)7-6-9-4-5-10-7;1-8(2,3)7-5-4-6-9-7/h1-8H3;4-7H,1-3H3,(H,12,13);6-7H,1-5H3;3*4-7H,1-3H3;4-6H,1-3H3;4-6H,1-3H3. The summed E-state index contributed by atoms with van der Waals surface area (Å²) < 4.78 is 0. The number of aromatic nitrogens is 8. The van der Waals surface area contributed by atoms with E-state index in [1.165, 1.54) is 60.5 Å². The number of fused-ring (bicyclic) bond motifs is 1. The van der Waals surface area contributed by atoms with Crippen molar-refractivity contribution in [2.75, 3.05) is 0 Å². The molecule has 0 fully saturated rings. The molecule has 0 unspecified atom stereocenters. The normalized spacial score (nSPS) is 11.8. The van der Waals surface area contributed by atoms with Crippen LogP contribution in [0.25, 0.3) is 11.0 Å². The van der Waals surface area contributed by atoms with Gasteiger partial charge >= 0.3 is 0 Å². The highest BCUT2D eigenvalue weighted by Gasteiger charge is 2.23. The van der Waals surface area contributed by atoms with Crippen LogP contribution in [0.3, 0.4) is 0 Å². The molecule has 0 bridgehead atoms. The Kier molecular flexibility index (Phi) is 29.4. The Morgan fingerprint density at radius 1 is 0.348 bits per heavy atom. The maximum atomic E-state index is 4.53. The summed E-state index contributed by atoms with van der Waals surface area (Å²) in [5.74, 6) is 1.05. The number of aryl methyl sites for hydroxylation is 2. The van der Waals surface area contributed by atoms with Crippen molar-refractivity contribution in [3.63, 3.8) is 0 Å². The molecule has 9 aromatic rings. The first-order chi connectivity index (χ1) is 40.7. The van der Waals surface area contributed by atoms with Crippen LogP contribution in [0.4, 0.5) is 0 Å². The largest absolute Gasteiger partial charge is 0.342 e. The Bertz CT molecular complexity index is 3170. The van der Waals surface area contributed by atoms with Gasteiger partial charge in [0.1, 0.15) is 5.82 Å². The molecule has 0 amide bonds. The predicted molar refractivity (Wildman–Crippen MR) is 389 cm³/mol. The first kappa shape index (κ1) is 78.4. The van der Waals surface area contributed by atoms with E-state index in [1.54, 1.807) is 24.8 Å². The van der Waals surface area contributed by atoms with Gasteiger partial charge in [-0.1, -0.05) is 203 Å². The van der Waals surface area contributed by atoms with Crippen LogP contribution in [0.5, 0.6) is 0 Å². The molecule has 0 saturated carbocycles. The zero-order valence-electron chi connectivity index (χ0n) is 61.4. The lowest BCUT2D eigenvalue weighted by atomic mass is 9.77. The van der Waals surface area contributed by atoms with Gasteiger partial charge in [0.25, 0.3) is 0 Å². The van der Waals surface area contributed by atoms with Crippen molar-refractivity contribution in [1.82, 2.24) is 39.9 Å². The minimum atomic E-state index is 0.0962. The van der Waals surface area contributed by atoms with E-state index in [0.717, 1.165) is 33.9 Å². The van der Waals surface area contributed by atoms with E-state index in [4.69, 9.17) is 0 Å². The highest BCUT2D eigenvalue weighted by atomic mass is 32.1. The van der Waals surface area contributed by atoms with Crippen molar-refractivity contribution in [1.29, 1.82) is 0 Å². The number of nitrogens with zero attached hydrogens (tertiary/aromatic N) is 7. The van der Waals surface area contributed by atoms with Gasteiger partial charge in [0.2, 0.25) is 0 Å². The van der Waals surface area contributed by atoms with Crippen LogP contribution in [-0.2, 0) is 43.3 Å². The highest BCUT2D eigenvalue weighted by Crippen LogP contribution is 2.35.